The molecule has 1 aliphatic carbocycles. The molecule has 66 valence electrons. The van der Waals surface area contributed by atoms with E-state index in [0.29, 0.717) is 11.3 Å². The predicted molar refractivity (Wildman–Crippen MR) is 47.3 cm³/mol. The Labute approximate surface area is 69.8 Å². The average molecular weight is 156 g/mol. The molecule has 1 saturated carbocycles. The van der Waals surface area contributed by atoms with Crippen molar-refractivity contribution in [3.05, 3.63) is 0 Å². The normalized spacial score (nSPS) is 35.5. The SMILES string of the molecule is CC(C)(C)CC1C(O)C1(C)C. The van der Waals surface area contributed by atoms with E-state index in [4.69, 9.17) is 0 Å². The molecule has 0 spiro atoms. The molecule has 1 rings (SSSR count). The third kappa shape index (κ3) is 1.76. The monoisotopic (exact) mass is 156 g/mol. The van der Waals surface area contributed by atoms with E-state index in [-0.39, 0.29) is 11.5 Å². The molecule has 1 N–H and O–H groups in total. The number of aliphatic hydroxyl groups excluding tert-OH is 1. The fraction of sp³-hybridized carbons (Fsp3) is 1.00. The maximum Gasteiger partial charge on any atom is 0.0629 e. The summed E-state index contributed by atoms with van der Waals surface area (Å²) in [7, 11) is 0. The van der Waals surface area contributed by atoms with Crippen LogP contribution in [0.15, 0.2) is 0 Å². The fourth-order valence-corrected chi connectivity index (χ4v) is 1.75. The molecule has 0 bridgehead atoms. The topological polar surface area (TPSA) is 20.2 Å². The molecule has 2 atom stereocenters. The second kappa shape index (κ2) is 2.22. The lowest BCUT2D eigenvalue weighted by atomic mass is 9.87. The quantitative estimate of drug-likeness (QED) is 0.618. The summed E-state index contributed by atoms with van der Waals surface area (Å²) in [4.78, 5) is 0. The number of hydrogen-bond donors (Lipinski definition) is 1. The van der Waals surface area contributed by atoms with Gasteiger partial charge in [-0.3, -0.25) is 0 Å². The van der Waals surface area contributed by atoms with Crippen molar-refractivity contribution in [2.24, 2.45) is 16.7 Å². The van der Waals surface area contributed by atoms with Crippen LogP contribution in [0.5, 0.6) is 0 Å². The van der Waals surface area contributed by atoms with Crippen molar-refractivity contribution in [2.75, 3.05) is 0 Å². The molecule has 0 aromatic rings. The zero-order valence-corrected chi connectivity index (χ0v) is 8.31. The largest absolute Gasteiger partial charge is 0.392 e. The third-order valence-corrected chi connectivity index (χ3v) is 2.82. The zero-order chi connectivity index (χ0) is 8.86. The summed E-state index contributed by atoms with van der Waals surface area (Å²) in [5.41, 5.74) is 0.548. The predicted octanol–water partition coefficient (Wildman–Crippen LogP) is 2.44. The summed E-state index contributed by atoms with van der Waals surface area (Å²) < 4.78 is 0. The number of aliphatic hydroxyl groups is 1. The average Bonchev–Trinajstić information content (AvgIpc) is 2.14. The first-order valence-electron chi connectivity index (χ1n) is 4.43. The van der Waals surface area contributed by atoms with E-state index in [1.165, 1.54) is 0 Å². The molecular formula is C10H20O. The van der Waals surface area contributed by atoms with Crippen LogP contribution < -0.4 is 0 Å². The van der Waals surface area contributed by atoms with Gasteiger partial charge in [0, 0.05) is 0 Å². The summed E-state index contributed by atoms with van der Waals surface area (Å²) in [6, 6.07) is 0. The van der Waals surface area contributed by atoms with Gasteiger partial charge in [-0.1, -0.05) is 34.6 Å². The minimum atomic E-state index is -0.0540. The van der Waals surface area contributed by atoms with Crippen molar-refractivity contribution in [1.29, 1.82) is 0 Å². The van der Waals surface area contributed by atoms with Crippen molar-refractivity contribution in [1.82, 2.24) is 0 Å². The molecule has 11 heavy (non-hydrogen) atoms. The van der Waals surface area contributed by atoms with E-state index < -0.39 is 0 Å². The Morgan fingerprint density at radius 1 is 1.27 bits per heavy atom. The van der Waals surface area contributed by atoms with E-state index in [0.717, 1.165) is 6.42 Å². The van der Waals surface area contributed by atoms with Crippen LogP contribution in [-0.2, 0) is 0 Å². The van der Waals surface area contributed by atoms with E-state index >= 15 is 0 Å². The minimum absolute atomic E-state index is 0.0540. The Bertz CT molecular complexity index is 153. The van der Waals surface area contributed by atoms with Gasteiger partial charge in [-0.25, -0.2) is 0 Å². The Kier molecular flexibility index (Phi) is 1.83. The van der Waals surface area contributed by atoms with Crippen LogP contribution in [0.1, 0.15) is 41.0 Å². The van der Waals surface area contributed by atoms with Crippen LogP contribution in [0.25, 0.3) is 0 Å². The summed E-state index contributed by atoms with van der Waals surface area (Å²) in [6.45, 7) is 11.0. The molecular weight excluding hydrogens is 136 g/mol. The van der Waals surface area contributed by atoms with Gasteiger partial charge in [-0.05, 0) is 23.2 Å². The van der Waals surface area contributed by atoms with Crippen molar-refractivity contribution >= 4 is 0 Å². The second-order valence-corrected chi connectivity index (χ2v) is 5.64. The lowest BCUT2D eigenvalue weighted by molar-refractivity contribution is 0.221. The summed E-state index contributed by atoms with van der Waals surface area (Å²) >= 11 is 0. The molecule has 2 unspecified atom stereocenters. The zero-order valence-electron chi connectivity index (χ0n) is 8.31. The molecule has 1 aliphatic rings. The molecule has 0 aromatic heterocycles. The lowest BCUT2D eigenvalue weighted by Crippen LogP contribution is -2.08. The molecule has 0 aromatic carbocycles. The van der Waals surface area contributed by atoms with Crippen molar-refractivity contribution in [3.63, 3.8) is 0 Å². The van der Waals surface area contributed by atoms with Gasteiger partial charge in [0.1, 0.15) is 0 Å². The first-order chi connectivity index (χ1) is 4.75. The molecule has 1 nitrogen and oxygen atoms in total. The van der Waals surface area contributed by atoms with Gasteiger partial charge in [0.2, 0.25) is 0 Å². The first kappa shape index (κ1) is 9.05. The summed E-state index contributed by atoms with van der Waals surface area (Å²) in [5.74, 6) is 0.530. The molecule has 0 radical (unpaired) electrons. The lowest BCUT2D eigenvalue weighted by Gasteiger charge is -2.18. The van der Waals surface area contributed by atoms with Crippen molar-refractivity contribution in [2.45, 2.75) is 47.1 Å². The van der Waals surface area contributed by atoms with Gasteiger partial charge in [-0.2, -0.15) is 0 Å². The fourth-order valence-electron chi connectivity index (χ4n) is 1.75. The van der Waals surface area contributed by atoms with Gasteiger partial charge < -0.3 is 5.11 Å². The van der Waals surface area contributed by atoms with Gasteiger partial charge in [-0.15, -0.1) is 0 Å². The third-order valence-electron chi connectivity index (χ3n) is 2.82. The molecule has 1 heteroatoms. The standard InChI is InChI=1S/C10H20O/c1-9(2,3)6-7-8(11)10(7,4)5/h7-8,11H,6H2,1-5H3. The Balaban J connectivity index is 2.44. The maximum absolute atomic E-state index is 9.52. The molecule has 0 aliphatic heterocycles. The highest BCUT2D eigenvalue weighted by molar-refractivity contribution is 5.06. The van der Waals surface area contributed by atoms with Crippen LogP contribution in [0, 0.1) is 16.7 Å². The van der Waals surface area contributed by atoms with Gasteiger partial charge >= 0.3 is 0 Å². The molecule has 1 fully saturated rings. The van der Waals surface area contributed by atoms with Gasteiger partial charge in [0.05, 0.1) is 6.10 Å². The Hall–Kier alpha value is -0.0400. The highest BCUT2D eigenvalue weighted by atomic mass is 16.3. The van der Waals surface area contributed by atoms with Crippen LogP contribution >= 0.6 is 0 Å². The van der Waals surface area contributed by atoms with Crippen LogP contribution in [0.2, 0.25) is 0 Å². The number of hydrogen-bond acceptors (Lipinski definition) is 1. The van der Waals surface area contributed by atoms with Crippen LogP contribution in [-0.4, -0.2) is 11.2 Å². The van der Waals surface area contributed by atoms with Gasteiger partial charge in [0.25, 0.3) is 0 Å². The van der Waals surface area contributed by atoms with Gasteiger partial charge in [0.15, 0.2) is 0 Å². The minimum Gasteiger partial charge on any atom is -0.392 e. The maximum atomic E-state index is 9.52. The number of rotatable bonds is 1. The Morgan fingerprint density at radius 2 is 1.64 bits per heavy atom. The molecule has 0 saturated heterocycles. The molecule has 0 amide bonds. The summed E-state index contributed by atoms with van der Waals surface area (Å²) in [6.07, 6.45) is 1.09. The highest BCUT2D eigenvalue weighted by Crippen LogP contribution is 2.56. The van der Waals surface area contributed by atoms with E-state index in [2.05, 4.69) is 34.6 Å². The van der Waals surface area contributed by atoms with E-state index in [1.807, 2.05) is 0 Å². The van der Waals surface area contributed by atoms with E-state index in [1.54, 1.807) is 0 Å². The van der Waals surface area contributed by atoms with Crippen molar-refractivity contribution in [3.8, 4) is 0 Å². The van der Waals surface area contributed by atoms with E-state index in [9.17, 15) is 5.11 Å². The second-order valence-electron chi connectivity index (χ2n) is 5.64. The van der Waals surface area contributed by atoms with Crippen LogP contribution in [0.3, 0.4) is 0 Å². The van der Waals surface area contributed by atoms with Crippen molar-refractivity contribution < 1.29 is 5.11 Å². The molecule has 0 heterocycles. The Morgan fingerprint density at radius 3 is 1.73 bits per heavy atom. The smallest absolute Gasteiger partial charge is 0.0629 e. The van der Waals surface area contributed by atoms with Crippen LogP contribution in [0.4, 0.5) is 0 Å². The highest BCUT2D eigenvalue weighted by Gasteiger charge is 2.57. The summed E-state index contributed by atoms with van der Waals surface area (Å²) in [5, 5.41) is 9.52. The first-order valence-corrected chi connectivity index (χ1v) is 4.43.